The zero-order valence-corrected chi connectivity index (χ0v) is 19.9. The van der Waals surface area contributed by atoms with Crippen molar-refractivity contribution in [2.45, 2.75) is 71.8 Å². The zero-order valence-electron chi connectivity index (χ0n) is 19.9. The van der Waals surface area contributed by atoms with E-state index in [4.69, 9.17) is 9.47 Å². The molecule has 4 aliphatic carbocycles. The number of H-pyrrole nitrogens is 1. The Balaban J connectivity index is 1.28. The number of aromatic amines is 1. The van der Waals surface area contributed by atoms with Gasteiger partial charge in [0.2, 0.25) is 11.7 Å². The predicted molar refractivity (Wildman–Crippen MR) is 120 cm³/mol. The molecular formula is C25H34N2O6. The van der Waals surface area contributed by atoms with Crippen LogP contribution in [0.3, 0.4) is 0 Å². The number of carbonyl (C=O) groups excluding carboxylic acids is 4. The summed E-state index contributed by atoms with van der Waals surface area (Å²) in [6.07, 6.45) is 6.76. The van der Waals surface area contributed by atoms with E-state index in [9.17, 15) is 19.2 Å². The Labute approximate surface area is 194 Å². The smallest absolute Gasteiger partial charge is 0.339 e. The molecule has 8 nitrogen and oxygen atoms in total. The minimum absolute atomic E-state index is 0.104. The molecule has 1 aromatic heterocycles. The summed E-state index contributed by atoms with van der Waals surface area (Å²) in [7, 11) is 1.28. The van der Waals surface area contributed by atoms with Gasteiger partial charge in [0, 0.05) is 12.1 Å². The molecule has 1 aromatic rings. The summed E-state index contributed by atoms with van der Waals surface area (Å²) in [5, 5.41) is 2.69. The number of rotatable bonds is 8. The molecule has 1 heterocycles. The van der Waals surface area contributed by atoms with Crippen LogP contribution >= 0.6 is 0 Å². The van der Waals surface area contributed by atoms with Crippen LogP contribution in [0.2, 0.25) is 0 Å². The van der Waals surface area contributed by atoms with Gasteiger partial charge in [-0.3, -0.25) is 14.4 Å². The van der Waals surface area contributed by atoms with Gasteiger partial charge in [-0.2, -0.15) is 0 Å². The lowest BCUT2D eigenvalue weighted by Crippen LogP contribution is -2.48. The average molecular weight is 459 g/mol. The number of ether oxygens (including phenoxy) is 2. The Morgan fingerprint density at radius 1 is 1.06 bits per heavy atom. The number of carbonyl (C=O) groups is 4. The number of esters is 2. The maximum Gasteiger partial charge on any atom is 0.339 e. The topological polar surface area (TPSA) is 115 Å². The number of nitrogens with one attached hydrogen (secondary N) is 2. The molecule has 5 rings (SSSR count). The molecule has 4 saturated carbocycles. The van der Waals surface area contributed by atoms with E-state index in [1.165, 1.54) is 33.3 Å². The highest BCUT2D eigenvalue weighted by Gasteiger charge is 2.51. The molecule has 4 aliphatic rings. The van der Waals surface area contributed by atoms with Crippen LogP contribution in [0.1, 0.15) is 84.0 Å². The first kappa shape index (κ1) is 23.5. The number of amides is 1. The van der Waals surface area contributed by atoms with E-state index < -0.39 is 23.8 Å². The van der Waals surface area contributed by atoms with Gasteiger partial charge in [-0.1, -0.05) is 0 Å². The highest BCUT2D eigenvalue weighted by Crippen LogP contribution is 2.61. The molecule has 8 heteroatoms. The SMILES string of the molecule is COC(=O)c1c(C)[nH]c(C(=O)C(C)OC(=O)CNC(=O)CC23CC4CC(CC(C4)C2)C3)c1C. The fraction of sp³-hybridized carbons (Fsp3) is 0.680. The van der Waals surface area contributed by atoms with E-state index in [0.717, 1.165) is 37.0 Å². The van der Waals surface area contributed by atoms with E-state index in [-0.39, 0.29) is 23.6 Å². The molecule has 0 saturated heterocycles. The summed E-state index contributed by atoms with van der Waals surface area (Å²) >= 11 is 0. The second-order valence-corrected chi connectivity index (χ2v) is 10.5. The van der Waals surface area contributed by atoms with E-state index in [2.05, 4.69) is 10.3 Å². The molecule has 2 N–H and O–H groups in total. The van der Waals surface area contributed by atoms with Gasteiger partial charge in [0.25, 0.3) is 0 Å². The Hall–Kier alpha value is -2.64. The first-order chi connectivity index (χ1) is 15.6. The lowest BCUT2D eigenvalue weighted by atomic mass is 9.49. The van der Waals surface area contributed by atoms with Gasteiger partial charge < -0.3 is 19.8 Å². The average Bonchev–Trinajstić information content (AvgIpc) is 3.03. The van der Waals surface area contributed by atoms with Crippen molar-refractivity contribution in [2.75, 3.05) is 13.7 Å². The van der Waals surface area contributed by atoms with Crippen molar-refractivity contribution in [3.05, 3.63) is 22.5 Å². The molecule has 0 radical (unpaired) electrons. The van der Waals surface area contributed by atoms with E-state index in [1.807, 2.05) is 0 Å². The molecular weight excluding hydrogens is 424 g/mol. The van der Waals surface area contributed by atoms with Gasteiger partial charge in [-0.15, -0.1) is 0 Å². The molecule has 180 valence electrons. The summed E-state index contributed by atoms with van der Waals surface area (Å²) in [6, 6.07) is 0. The van der Waals surface area contributed by atoms with Crippen LogP contribution in [0.15, 0.2) is 0 Å². The van der Waals surface area contributed by atoms with Crippen LogP contribution in [0.25, 0.3) is 0 Å². The Morgan fingerprint density at radius 3 is 2.18 bits per heavy atom. The quantitative estimate of drug-likeness (QED) is 0.457. The van der Waals surface area contributed by atoms with Crippen molar-refractivity contribution in [1.29, 1.82) is 0 Å². The van der Waals surface area contributed by atoms with Crippen molar-refractivity contribution in [3.8, 4) is 0 Å². The standard InChI is InChI=1S/C25H34N2O6/c1-13-21(24(31)32-4)14(2)27-22(13)23(30)15(3)33-20(29)12-26-19(28)11-25-8-16-5-17(9-25)7-18(6-16)10-25/h15-18,27H,5-12H2,1-4H3,(H,26,28). The van der Waals surface area contributed by atoms with Gasteiger partial charge in [0.15, 0.2) is 6.10 Å². The minimum atomic E-state index is -1.06. The van der Waals surface area contributed by atoms with Gasteiger partial charge in [0.05, 0.1) is 18.4 Å². The van der Waals surface area contributed by atoms with Gasteiger partial charge >= 0.3 is 11.9 Å². The van der Waals surface area contributed by atoms with Crippen molar-refractivity contribution < 1.29 is 28.7 Å². The second kappa shape index (κ2) is 8.95. The van der Waals surface area contributed by atoms with Crippen LogP contribution in [0.5, 0.6) is 0 Å². The third-order valence-corrected chi connectivity index (χ3v) is 7.88. The van der Waals surface area contributed by atoms with Gasteiger partial charge in [-0.05, 0) is 88.0 Å². The predicted octanol–water partition coefficient (Wildman–Crippen LogP) is 3.26. The minimum Gasteiger partial charge on any atom is -0.465 e. The first-order valence-corrected chi connectivity index (χ1v) is 11.9. The summed E-state index contributed by atoms with van der Waals surface area (Å²) in [5.41, 5.74) is 1.58. The first-order valence-electron chi connectivity index (χ1n) is 11.9. The summed E-state index contributed by atoms with van der Waals surface area (Å²) in [5.74, 6) is 0.530. The molecule has 4 bridgehead atoms. The highest BCUT2D eigenvalue weighted by atomic mass is 16.5. The maximum absolute atomic E-state index is 12.8. The maximum atomic E-state index is 12.8. The molecule has 1 amide bonds. The Bertz CT molecular complexity index is 943. The number of aryl methyl sites for hydroxylation is 1. The van der Waals surface area contributed by atoms with E-state index in [0.29, 0.717) is 23.2 Å². The van der Waals surface area contributed by atoms with Crippen molar-refractivity contribution in [3.63, 3.8) is 0 Å². The lowest BCUT2D eigenvalue weighted by molar-refractivity contribution is -0.147. The highest BCUT2D eigenvalue weighted by molar-refractivity contribution is 6.04. The Kier molecular flexibility index (Phi) is 6.38. The largest absolute Gasteiger partial charge is 0.465 e. The van der Waals surface area contributed by atoms with Gasteiger partial charge in [0.1, 0.15) is 6.54 Å². The van der Waals surface area contributed by atoms with Crippen molar-refractivity contribution in [2.24, 2.45) is 23.2 Å². The molecule has 1 atom stereocenters. The number of aromatic nitrogens is 1. The summed E-state index contributed by atoms with van der Waals surface area (Å²) in [4.78, 5) is 52.5. The number of methoxy groups -OCH3 is 1. The van der Waals surface area contributed by atoms with Gasteiger partial charge in [-0.25, -0.2) is 4.79 Å². The van der Waals surface area contributed by atoms with Crippen LogP contribution < -0.4 is 5.32 Å². The fourth-order valence-corrected chi connectivity index (χ4v) is 6.98. The third-order valence-electron chi connectivity index (χ3n) is 7.88. The molecule has 4 fully saturated rings. The zero-order chi connectivity index (χ0) is 23.9. The molecule has 0 aliphatic heterocycles. The number of ketones is 1. The lowest BCUT2D eigenvalue weighted by Gasteiger charge is -2.56. The van der Waals surface area contributed by atoms with Crippen LogP contribution in [0, 0.1) is 37.0 Å². The van der Waals surface area contributed by atoms with Crippen LogP contribution in [-0.2, 0) is 19.1 Å². The second-order valence-electron chi connectivity index (χ2n) is 10.5. The van der Waals surface area contributed by atoms with E-state index in [1.54, 1.807) is 13.8 Å². The third kappa shape index (κ3) is 4.70. The van der Waals surface area contributed by atoms with Crippen LogP contribution in [0.4, 0.5) is 0 Å². The number of Topliss-reactive ketones (excluding diaryl/α,β-unsaturated/α-hetero) is 1. The summed E-state index contributed by atoms with van der Waals surface area (Å²) < 4.78 is 10.0. The van der Waals surface area contributed by atoms with Crippen LogP contribution in [-0.4, -0.2) is 48.4 Å². The molecule has 33 heavy (non-hydrogen) atoms. The van der Waals surface area contributed by atoms with E-state index >= 15 is 0 Å². The monoisotopic (exact) mass is 458 g/mol. The summed E-state index contributed by atoms with van der Waals surface area (Å²) in [6.45, 7) is 4.53. The molecule has 0 spiro atoms. The fourth-order valence-electron chi connectivity index (χ4n) is 6.98. The molecule has 0 aromatic carbocycles. The number of hydrogen-bond donors (Lipinski definition) is 2. The number of hydrogen-bond acceptors (Lipinski definition) is 6. The Morgan fingerprint density at radius 2 is 1.64 bits per heavy atom. The van der Waals surface area contributed by atoms with Crippen molar-refractivity contribution in [1.82, 2.24) is 10.3 Å². The van der Waals surface area contributed by atoms with Crippen molar-refractivity contribution >= 4 is 23.6 Å². The normalized spacial score (nSPS) is 28.3. The molecule has 1 unspecified atom stereocenters.